The van der Waals surface area contributed by atoms with Crippen LogP contribution in [0.3, 0.4) is 0 Å². The molecule has 1 N–H and O–H groups in total. The molecule has 0 aliphatic heterocycles. The van der Waals surface area contributed by atoms with Crippen molar-refractivity contribution >= 4 is 5.69 Å². The molecule has 0 bridgehead atoms. The number of anilines is 1. The van der Waals surface area contributed by atoms with Gasteiger partial charge in [0, 0.05) is 18.8 Å². The van der Waals surface area contributed by atoms with Crippen LogP contribution in [0, 0.1) is 5.92 Å². The van der Waals surface area contributed by atoms with Gasteiger partial charge in [-0.1, -0.05) is 39.0 Å². The van der Waals surface area contributed by atoms with Crippen molar-refractivity contribution in [2.45, 2.75) is 33.6 Å². The standard InChI is InChI=1S/C15H25NO/c1-4-14-7-5-6-8-15(14)16-10-12-17-11-9-13(2)3/h5-8,13,16H,4,9-12H2,1-3H3. The molecule has 0 saturated heterocycles. The first-order chi connectivity index (χ1) is 8.24. The third kappa shape index (κ3) is 5.73. The van der Waals surface area contributed by atoms with Crippen LogP contribution in [-0.2, 0) is 11.2 Å². The molecule has 17 heavy (non-hydrogen) atoms. The van der Waals surface area contributed by atoms with Gasteiger partial charge >= 0.3 is 0 Å². The Morgan fingerprint density at radius 1 is 1.18 bits per heavy atom. The molecular weight excluding hydrogens is 210 g/mol. The Hall–Kier alpha value is -1.02. The summed E-state index contributed by atoms with van der Waals surface area (Å²) in [6, 6.07) is 8.46. The molecule has 0 saturated carbocycles. The number of ether oxygens (including phenoxy) is 1. The molecule has 0 heterocycles. The van der Waals surface area contributed by atoms with Crippen molar-refractivity contribution in [1.29, 1.82) is 0 Å². The van der Waals surface area contributed by atoms with Gasteiger partial charge in [0.1, 0.15) is 0 Å². The maximum Gasteiger partial charge on any atom is 0.0639 e. The molecule has 2 nitrogen and oxygen atoms in total. The fourth-order valence-corrected chi connectivity index (χ4v) is 1.68. The van der Waals surface area contributed by atoms with Crippen LogP contribution in [0.15, 0.2) is 24.3 Å². The average Bonchev–Trinajstić information content (AvgIpc) is 2.33. The van der Waals surface area contributed by atoms with E-state index in [1.54, 1.807) is 0 Å². The van der Waals surface area contributed by atoms with E-state index in [0.29, 0.717) is 0 Å². The molecule has 1 aromatic carbocycles. The third-order valence-corrected chi connectivity index (χ3v) is 2.80. The monoisotopic (exact) mass is 235 g/mol. The summed E-state index contributed by atoms with van der Waals surface area (Å²) in [6.45, 7) is 9.16. The molecule has 0 aromatic heterocycles. The summed E-state index contributed by atoms with van der Waals surface area (Å²) in [7, 11) is 0. The Kier molecular flexibility index (Phi) is 6.71. The SMILES string of the molecule is CCc1ccccc1NCCOCCC(C)C. The minimum absolute atomic E-state index is 0.726. The first-order valence-electron chi connectivity index (χ1n) is 6.63. The molecule has 1 aromatic rings. The van der Waals surface area contributed by atoms with E-state index in [2.05, 4.69) is 50.4 Å². The van der Waals surface area contributed by atoms with E-state index in [0.717, 1.165) is 38.5 Å². The fraction of sp³-hybridized carbons (Fsp3) is 0.600. The van der Waals surface area contributed by atoms with Crippen LogP contribution in [0.25, 0.3) is 0 Å². The van der Waals surface area contributed by atoms with Gasteiger partial charge in [0.25, 0.3) is 0 Å². The summed E-state index contributed by atoms with van der Waals surface area (Å²) >= 11 is 0. The Bertz CT molecular complexity index is 310. The van der Waals surface area contributed by atoms with E-state index < -0.39 is 0 Å². The van der Waals surface area contributed by atoms with Gasteiger partial charge < -0.3 is 10.1 Å². The zero-order valence-corrected chi connectivity index (χ0v) is 11.3. The Labute approximate surface area is 105 Å². The lowest BCUT2D eigenvalue weighted by molar-refractivity contribution is 0.132. The predicted octanol–water partition coefficient (Wildman–Crippen LogP) is 3.72. The number of hydrogen-bond acceptors (Lipinski definition) is 2. The van der Waals surface area contributed by atoms with Crippen molar-refractivity contribution in [1.82, 2.24) is 0 Å². The van der Waals surface area contributed by atoms with Crippen molar-refractivity contribution in [3.05, 3.63) is 29.8 Å². The zero-order chi connectivity index (χ0) is 12.5. The van der Waals surface area contributed by atoms with E-state index in [-0.39, 0.29) is 0 Å². The molecule has 0 radical (unpaired) electrons. The van der Waals surface area contributed by atoms with Crippen LogP contribution in [-0.4, -0.2) is 19.8 Å². The summed E-state index contributed by atoms with van der Waals surface area (Å²) in [5.41, 5.74) is 2.61. The summed E-state index contributed by atoms with van der Waals surface area (Å²) in [5.74, 6) is 0.726. The van der Waals surface area contributed by atoms with Crippen LogP contribution in [0.4, 0.5) is 5.69 Å². The largest absolute Gasteiger partial charge is 0.383 e. The van der Waals surface area contributed by atoms with Gasteiger partial charge in [0.2, 0.25) is 0 Å². The zero-order valence-electron chi connectivity index (χ0n) is 11.3. The molecule has 0 aliphatic rings. The van der Waals surface area contributed by atoms with E-state index in [9.17, 15) is 0 Å². The van der Waals surface area contributed by atoms with Crippen molar-refractivity contribution in [3.8, 4) is 0 Å². The summed E-state index contributed by atoms with van der Waals surface area (Å²) in [4.78, 5) is 0. The smallest absolute Gasteiger partial charge is 0.0639 e. The first kappa shape index (κ1) is 14.0. The highest BCUT2D eigenvalue weighted by molar-refractivity contribution is 5.50. The minimum Gasteiger partial charge on any atom is -0.383 e. The predicted molar refractivity (Wildman–Crippen MR) is 74.6 cm³/mol. The number of benzene rings is 1. The number of nitrogens with one attached hydrogen (secondary N) is 1. The van der Waals surface area contributed by atoms with Crippen LogP contribution < -0.4 is 5.32 Å². The van der Waals surface area contributed by atoms with Gasteiger partial charge in [0.05, 0.1) is 6.61 Å². The van der Waals surface area contributed by atoms with Crippen LogP contribution >= 0.6 is 0 Å². The van der Waals surface area contributed by atoms with Crippen molar-refractivity contribution in [2.75, 3.05) is 25.1 Å². The molecular formula is C15H25NO. The second-order valence-electron chi connectivity index (χ2n) is 4.73. The van der Waals surface area contributed by atoms with Crippen molar-refractivity contribution in [2.24, 2.45) is 5.92 Å². The summed E-state index contributed by atoms with van der Waals surface area (Å²) < 4.78 is 5.58. The van der Waals surface area contributed by atoms with Gasteiger partial charge in [0.15, 0.2) is 0 Å². The number of para-hydroxylation sites is 1. The highest BCUT2D eigenvalue weighted by atomic mass is 16.5. The Morgan fingerprint density at radius 2 is 1.94 bits per heavy atom. The maximum absolute atomic E-state index is 5.58. The molecule has 2 heteroatoms. The van der Waals surface area contributed by atoms with Gasteiger partial charge in [-0.2, -0.15) is 0 Å². The normalized spacial score (nSPS) is 10.8. The number of rotatable bonds is 8. The van der Waals surface area contributed by atoms with Gasteiger partial charge in [-0.25, -0.2) is 0 Å². The Morgan fingerprint density at radius 3 is 2.65 bits per heavy atom. The molecule has 0 aliphatic carbocycles. The van der Waals surface area contributed by atoms with E-state index in [4.69, 9.17) is 4.74 Å². The lowest BCUT2D eigenvalue weighted by atomic mass is 10.1. The molecule has 0 spiro atoms. The topological polar surface area (TPSA) is 21.3 Å². The van der Waals surface area contributed by atoms with Crippen LogP contribution in [0.5, 0.6) is 0 Å². The molecule has 96 valence electrons. The van der Waals surface area contributed by atoms with E-state index >= 15 is 0 Å². The molecule has 0 fully saturated rings. The van der Waals surface area contributed by atoms with Crippen molar-refractivity contribution in [3.63, 3.8) is 0 Å². The van der Waals surface area contributed by atoms with Crippen molar-refractivity contribution < 1.29 is 4.74 Å². The molecule has 0 atom stereocenters. The van der Waals surface area contributed by atoms with Gasteiger partial charge in [-0.05, 0) is 30.4 Å². The third-order valence-electron chi connectivity index (χ3n) is 2.80. The van der Waals surface area contributed by atoms with Crippen LogP contribution in [0.2, 0.25) is 0 Å². The molecule has 1 rings (SSSR count). The van der Waals surface area contributed by atoms with E-state index in [1.807, 2.05) is 0 Å². The lowest BCUT2D eigenvalue weighted by Gasteiger charge is -2.11. The Balaban J connectivity index is 2.17. The average molecular weight is 235 g/mol. The van der Waals surface area contributed by atoms with Gasteiger partial charge in [-0.3, -0.25) is 0 Å². The van der Waals surface area contributed by atoms with Gasteiger partial charge in [-0.15, -0.1) is 0 Å². The summed E-state index contributed by atoms with van der Waals surface area (Å²) in [6.07, 6.45) is 2.21. The highest BCUT2D eigenvalue weighted by Gasteiger charge is 1.98. The van der Waals surface area contributed by atoms with E-state index in [1.165, 1.54) is 11.3 Å². The van der Waals surface area contributed by atoms with Crippen LogP contribution in [0.1, 0.15) is 32.8 Å². The number of hydrogen-bond donors (Lipinski definition) is 1. The lowest BCUT2D eigenvalue weighted by Crippen LogP contribution is -2.11. The maximum atomic E-state index is 5.58. The second-order valence-corrected chi connectivity index (χ2v) is 4.73. The fourth-order valence-electron chi connectivity index (χ4n) is 1.68. The quantitative estimate of drug-likeness (QED) is 0.693. The molecule has 0 amide bonds. The molecule has 0 unspecified atom stereocenters. The summed E-state index contributed by atoms with van der Waals surface area (Å²) in [5, 5.41) is 3.43. The second kappa shape index (κ2) is 8.13. The minimum atomic E-state index is 0.726. The highest BCUT2D eigenvalue weighted by Crippen LogP contribution is 2.14. The number of aryl methyl sites for hydroxylation is 1. The first-order valence-corrected chi connectivity index (χ1v) is 6.63.